The third-order valence-corrected chi connectivity index (χ3v) is 4.73. The summed E-state index contributed by atoms with van der Waals surface area (Å²) in [5, 5.41) is 11.9. The average molecular weight is 385 g/mol. The fourth-order valence-corrected chi connectivity index (χ4v) is 3.19. The summed E-state index contributed by atoms with van der Waals surface area (Å²) in [6, 6.07) is 12.3. The molecule has 3 rings (SSSR count). The molecule has 2 aromatic rings. The first-order valence-electron chi connectivity index (χ1n) is 9.18. The molecular formula is C21H21F2N3O2. The second kappa shape index (κ2) is 9.29. The molecule has 1 saturated heterocycles. The first kappa shape index (κ1) is 19.8. The molecule has 28 heavy (non-hydrogen) atoms. The molecule has 0 bridgehead atoms. The van der Waals surface area contributed by atoms with Crippen molar-refractivity contribution in [1.82, 2.24) is 10.2 Å². The van der Waals surface area contributed by atoms with Gasteiger partial charge in [0.1, 0.15) is 11.9 Å². The molecule has 1 amide bonds. The Morgan fingerprint density at radius 1 is 1.18 bits per heavy atom. The molecule has 2 aromatic carbocycles. The fraction of sp³-hybridized carbons (Fsp3) is 0.333. The van der Waals surface area contributed by atoms with Gasteiger partial charge in [-0.1, -0.05) is 12.1 Å². The lowest BCUT2D eigenvalue weighted by Gasteiger charge is -2.32. The zero-order valence-electron chi connectivity index (χ0n) is 15.3. The van der Waals surface area contributed by atoms with Gasteiger partial charge in [0, 0.05) is 32.2 Å². The Kier molecular flexibility index (Phi) is 6.56. The molecule has 146 valence electrons. The normalized spacial score (nSPS) is 15.0. The van der Waals surface area contributed by atoms with E-state index in [-0.39, 0.29) is 12.0 Å². The van der Waals surface area contributed by atoms with Crippen LogP contribution in [0.4, 0.5) is 8.78 Å². The van der Waals surface area contributed by atoms with E-state index in [2.05, 4.69) is 10.2 Å². The van der Waals surface area contributed by atoms with Gasteiger partial charge in [0.05, 0.1) is 17.2 Å². The van der Waals surface area contributed by atoms with Crippen LogP contribution in [0, 0.1) is 23.0 Å². The highest BCUT2D eigenvalue weighted by Crippen LogP contribution is 2.21. The van der Waals surface area contributed by atoms with Gasteiger partial charge in [-0.25, -0.2) is 8.78 Å². The second-order valence-corrected chi connectivity index (χ2v) is 6.65. The number of hydrogen-bond donors (Lipinski definition) is 1. The van der Waals surface area contributed by atoms with Crippen LogP contribution in [0.25, 0.3) is 0 Å². The van der Waals surface area contributed by atoms with Gasteiger partial charge in [0.15, 0.2) is 11.6 Å². The highest BCUT2D eigenvalue weighted by molar-refractivity contribution is 5.96. The number of halogens is 2. The number of ether oxygens (including phenoxy) is 1. The van der Waals surface area contributed by atoms with Crippen LogP contribution in [-0.4, -0.2) is 43.1 Å². The van der Waals surface area contributed by atoms with Crippen molar-refractivity contribution in [3.63, 3.8) is 0 Å². The summed E-state index contributed by atoms with van der Waals surface area (Å²) < 4.78 is 32.0. The summed E-state index contributed by atoms with van der Waals surface area (Å²) in [6.07, 6.45) is 1.49. The fourth-order valence-electron chi connectivity index (χ4n) is 3.19. The molecule has 1 aliphatic rings. The molecule has 0 aliphatic carbocycles. The molecule has 0 radical (unpaired) electrons. The molecule has 0 atom stereocenters. The first-order chi connectivity index (χ1) is 13.6. The van der Waals surface area contributed by atoms with Crippen molar-refractivity contribution in [3.05, 3.63) is 65.2 Å². The molecule has 1 N–H and O–H groups in total. The lowest BCUT2D eigenvalue weighted by atomic mass is 10.1. The Bertz CT molecular complexity index is 874. The van der Waals surface area contributed by atoms with Crippen molar-refractivity contribution < 1.29 is 18.3 Å². The van der Waals surface area contributed by atoms with Crippen LogP contribution in [0.3, 0.4) is 0 Å². The van der Waals surface area contributed by atoms with Crippen molar-refractivity contribution in [2.75, 3.05) is 26.2 Å². The van der Waals surface area contributed by atoms with Crippen LogP contribution in [0.5, 0.6) is 5.75 Å². The number of nitrogens with one attached hydrogen (secondary N) is 1. The maximum Gasteiger partial charge on any atom is 0.252 e. The average Bonchev–Trinajstić information content (AvgIpc) is 2.72. The van der Waals surface area contributed by atoms with E-state index in [0.29, 0.717) is 30.0 Å². The van der Waals surface area contributed by atoms with Crippen LogP contribution in [0.15, 0.2) is 42.5 Å². The van der Waals surface area contributed by atoms with Gasteiger partial charge in [-0.15, -0.1) is 0 Å². The molecule has 0 saturated carbocycles. The predicted molar refractivity (Wildman–Crippen MR) is 99.9 cm³/mol. The molecule has 0 unspecified atom stereocenters. The van der Waals surface area contributed by atoms with Gasteiger partial charge in [-0.2, -0.15) is 5.26 Å². The minimum Gasteiger partial charge on any atom is -0.490 e. The maximum absolute atomic E-state index is 13.3. The second-order valence-electron chi connectivity index (χ2n) is 6.65. The number of hydrogen-bond acceptors (Lipinski definition) is 4. The van der Waals surface area contributed by atoms with E-state index >= 15 is 0 Å². The quantitative estimate of drug-likeness (QED) is 0.830. The zero-order chi connectivity index (χ0) is 19.9. The Morgan fingerprint density at radius 3 is 2.64 bits per heavy atom. The lowest BCUT2D eigenvalue weighted by Crippen LogP contribution is -2.42. The summed E-state index contributed by atoms with van der Waals surface area (Å²) in [5.74, 6) is -1.72. The van der Waals surface area contributed by atoms with Crippen LogP contribution in [-0.2, 0) is 0 Å². The third kappa shape index (κ3) is 5.05. The van der Waals surface area contributed by atoms with Gasteiger partial charge >= 0.3 is 0 Å². The van der Waals surface area contributed by atoms with Crippen LogP contribution in [0.2, 0.25) is 0 Å². The van der Waals surface area contributed by atoms with Crippen molar-refractivity contribution in [2.45, 2.75) is 18.9 Å². The Hall–Kier alpha value is -2.98. The Balaban J connectivity index is 1.40. The first-order valence-corrected chi connectivity index (χ1v) is 9.18. The van der Waals surface area contributed by atoms with E-state index in [1.807, 2.05) is 6.07 Å². The number of rotatable bonds is 6. The minimum atomic E-state index is -0.913. The van der Waals surface area contributed by atoms with Gasteiger partial charge in [-0.05, 0) is 37.1 Å². The van der Waals surface area contributed by atoms with E-state index in [9.17, 15) is 13.6 Å². The SMILES string of the molecule is N#Cc1ccccc1C(=O)NCCN1CCC(Oc2ccc(F)c(F)c2)CC1. The van der Waals surface area contributed by atoms with E-state index < -0.39 is 11.6 Å². The molecule has 0 spiro atoms. The number of benzene rings is 2. The Labute approximate surface area is 162 Å². The Morgan fingerprint density at radius 2 is 1.93 bits per heavy atom. The largest absolute Gasteiger partial charge is 0.490 e. The van der Waals surface area contributed by atoms with Crippen molar-refractivity contribution in [2.24, 2.45) is 0 Å². The topological polar surface area (TPSA) is 65.4 Å². The van der Waals surface area contributed by atoms with Crippen molar-refractivity contribution in [3.8, 4) is 11.8 Å². The summed E-state index contributed by atoms with van der Waals surface area (Å²) in [4.78, 5) is 14.4. The minimum absolute atomic E-state index is 0.0433. The summed E-state index contributed by atoms with van der Waals surface area (Å²) in [7, 11) is 0. The third-order valence-electron chi connectivity index (χ3n) is 4.73. The molecule has 1 fully saturated rings. The van der Waals surface area contributed by atoms with Crippen LogP contribution in [0.1, 0.15) is 28.8 Å². The maximum atomic E-state index is 13.3. The predicted octanol–water partition coefficient (Wildman–Crippen LogP) is 3.11. The molecule has 1 aliphatic heterocycles. The smallest absolute Gasteiger partial charge is 0.252 e. The number of carbonyl (C=O) groups excluding carboxylic acids is 1. The molecule has 5 nitrogen and oxygen atoms in total. The monoisotopic (exact) mass is 385 g/mol. The van der Waals surface area contributed by atoms with Gasteiger partial charge in [-0.3, -0.25) is 4.79 Å². The van der Waals surface area contributed by atoms with Gasteiger partial charge in [0.25, 0.3) is 5.91 Å². The van der Waals surface area contributed by atoms with Gasteiger partial charge < -0.3 is 15.0 Å². The molecule has 7 heteroatoms. The highest BCUT2D eigenvalue weighted by Gasteiger charge is 2.21. The number of nitrogens with zero attached hydrogens (tertiary/aromatic N) is 2. The van der Waals surface area contributed by atoms with Crippen LogP contribution >= 0.6 is 0 Å². The van der Waals surface area contributed by atoms with E-state index in [1.54, 1.807) is 24.3 Å². The molecule has 0 aromatic heterocycles. The van der Waals surface area contributed by atoms with Crippen LogP contribution < -0.4 is 10.1 Å². The van der Waals surface area contributed by atoms with Gasteiger partial charge in [0.2, 0.25) is 0 Å². The number of likely N-dealkylation sites (tertiary alicyclic amines) is 1. The summed E-state index contributed by atoms with van der Waals surface area (Å²) in [5.41, 5.74) is 0.735. The zero-order valence-corrected chi connectivity index (χ0v) is 15.3. The molecular weight excluding hydrogens is 364 g/mol. The van der Waals surface area contributed by atoms with E-state index in [4.69, 9.17) is 10.00 Å². The molecule has 1 heterocycles. The number of amides is 1. The lowest BCUT2D eigenvalue weighted by molar-refractivity contribution is 0.0904. The van der Waals surface area contributed by atoms with Crippen molar-refractivity contribution in [1.29, 1.82) is 5.26 Å². The summed E-state index contributed by atoms with van der Waals surface area (Å²) in [6.45, 7) is 2.75. The number of carbonyl (C=O) groups is 1. The number of nitriles is 1. The van der Waals surface area contributed by atoms with Crippen molar-refractivity contribution >= 4 is 5.91 Å². The van der Waals surface area contributed by atoms with E-state index in [0.717, 1.165) is 38.1 Å². The number of piperidine rings is 1. The summed E-state index contributed by atoms with van der Waals surface area (Å²) >= 11 is 0. The standard InChI is InChI=1S/C21H21F2N3O2/c22-19-6-5-17(13-20(19)23)28-16-7-10-26(11-8-16)12-9-25-21(27)18-4-2-1-3-15(18)14-24/h1-6,13,16H,7-12H2,(H,25,27). The van der Waals surface area contributed by atoms with E-state index in [1.165, 1.54) is 6.07 Å². The highest BCUT2D eigenvalue weighted by atomic mass is 19.2.